The summed E-state index contributed by atoms with van der Waals surface area (Å²) in [6.45, 7) is 4.89. The number of carbonyl (C=O) groups is 2. The van der Waals surface area contributed by atoms with Crippen LogP contribution in [0.15, 0.2) is 42.5 Å². The van der Waals surface area contributed by atoms with Gasteiger partial charge in [0.05, 0.1) is 5.25 Å². The number of aryl methyl sites for hydroxylation is 1. The van der Waals surface area contributed by atoms with Crippen molar-refractivity contribution in [3.63, 3.8) is 0 Å². The average molecular weight is 630 g/mol. The molecular weight excluding hydrogens is 590 g/mol. The minimum Gasteiger partial charge on any atom is -0.485 e. The molecule has 3 heterocycles. The highest BCUT2D eigenvalue weighted by Crippen LogP contribution is 2.45. The first kappa shape index (κ1) is 31.5. The van der Waals surface area contributed by atoms with Crippen molar-refractivity contribution in [2.75, 3.05) is 25.1 Å². The number of rotatable bonds is 2. The number of halogens is 1. The molecule has 0 unspecified atom stereocenters. The van der Waals surface area contributed by atoms with E-state index in [-0.39, 0.29) is 23.4 Å². The lowest BCUT2D eigenvalue weighted by Crippen LogP contribution is -2.52. The van der Waals surface area contributed by atoms with Gasteiger partial charge in [-0.3, -0.25) is 9.59 Å². The lowest BCUT2D eigenvalue weighted by Gasteiger charge is -2.47. The van der Waals surface area contributed by atoms with Crippen molar-refractivity contribution in [1.82, 2.24) is 9.71 Å². The second kappa shape index (κ2) is 13.0. The fraction of sp³-hybridized carbons (Fsp3) is 0.531. The third-order valence-corrected chi connectivity index (χ3v) is 11.6. The number of benzene rings is 1. The Hall–Kier alpha value is -2.95. The average Bonchev–Trinajstić information content (AvgIpc) is 3.00. The zero-order chi connectivity index (χ0) is 30.8. The molecule has 5 rings (SSSR count). The van der Waals surface area contributed by atoms with Crippen molar-refractivity contribution in [3.05, 3.63) is 64.3 Å². The Morgan fingerprint density at radius 2 is 1.98 bits per heavy atom. The predicted octanol–water partition coefficient (Wildman–Crippen LogP) is 5.11. The number of amides is 1. The van der Waals surface area contributed by atoms with Gasteiger partial charge in [-0.2, -0.15) is 0 Å². The fourth-order valence-corrected chi connectivity index (χ4v) is 7.81. The summed E-state index contributed by atoms with van der Waals surface area (Å²) in [4.78, 5) is 32.7. The molecule has 2 bridgehead atoms. The number of methoxy groups -OCH3 is 1. The zero-order valence-corrected chi connectivity index (χ0v) is 26.5. The van der Waals surface area contributed by atoms with Crippen molar-refractivity contribution in [3.8, 4) is 5.75 Å². The molecule has 1 saturated carbocycles. The maximum absolute atomic E-state index is 13.3. The van der Waals surface area contributed by atoms with Gasteiger partial charge in [0.15, 0.2) is 17.9 Å². The van der Waals surface area contributed by atoms with Crippen molar-refractivity contribution in [2.24, 2.45) is 17.8 Å². The lowest BCUT2D eigenvalue weighted by molar-refractivity contribution is -0.135. The van der Waals surface area contributed by atoms with E-state index >= 15 is 0 Å². The Morgan fingerprint density at radius 3 is 2.70 bits per heavy atom. The molecule has 43 heavy (non-hydrogen) atoms. The van der Waals surface area contributed by atoms with Gasteiger partial charge in [-0.1, -0.05) is 30.7 Å². The van der Waals surface area contributed by atoms with E-state index in [9.17, 15) is 18.0 Å². The van der Waals surface area contributed by atoms with Gasteiger partial charge in [0.1, 0.15) is 17.9 Å². The van der Waals surface area contributed by atoms with E-state index in [2.05, 4.69) is 9.62 Å². The Bertz CT molecular complexity index is 1500. The quantitative estimate of drug-likeness (QED) is 0.360. The second-order valence-electron chi connectivity index (χ2n) is 12.0. The van der Waals surface area contributed by atoms with Gasteiger partial charge in [-0.15, -0.1) is 0 Å². The van der Waals surface area contributed by atoms with Gasteiger partial charge in [-0.05, 0) is 98.8 Å². The first-order chi connectivity index (χ1) is 20.6. The minimum absolute atomic E-state index is 0.00545. The first-order valence-electron chi connectivity index (χ1n) is 15.0. The third-order valence-electron chi connectivity index (χ3n) is 9.45. The van der Waals surface area contributed by atoms with Crippen molar-refractivity contribution in [2.45, 2.75) is 69.8 Å². The van der Waals surface area contributed by atoms with Gasteiger partial charge < -0.3 is 14.4 Å². The molecule has 2 aliphatic heterocycles. The summed E-state index contributed by atoms with van der Waals surface area (Å²) in [7, 11) is -2.47. The molecule has 11 heteroatoms. The van der Waals surface area contributed by atoms with Crippen LogP contribution in [0.4, 0.5) is 5.82 Å². The van der Waals surface area contributed by atoms with Crippen LogP contribution in [-0.4, -0.2) is 56.6 Å². The van der Waals surface area contributed by atoms with Gasteiger partial charge in [-0.25, -0.2) is 18.1 Å². The highest BCUT2D eigenvalue weighted by Gasteiger charge is 2.47. The number of nitrogens with one attached hydrogen (secondary N) is 1. The monoisotopic (exact) mass is 629 g/mol. The number of carbonyl (C=O) groups excluding carboxylic acids is 2. The van der Waals surface area contributed by atoms with Gasteiger partial charge in [0, 0.05) is 31.1 Å². The van der Waals surface area contributed by atoms with Crippen LogP contribution in [0.1, 0.15) is 67.6 Å². The fourth-order valence-electron chi connectivity index (χ4n) is 6.35. The number of sulfonamides is 1. The number of allylic oxidation sites excluding steroid dienone is 1. The minimum atomic E-state index is -4.01. The summed E-state index contributed by atoms with van der Waals surface area (Å²) in [5, 5.41) is -0.190. The Labute approximate surface area is 259 Å². The lowest BCUT2D eigenvalue weighted by atomic mass is 9.64. The van der Waals surface area contributed by atoms with E-state index in [1.54, 1.807) is 26.2 Å². The van der Waals surface area contributed by atoms with Crippen LogP contribution in [0.3, 0.4) is 0 Å². The Balaban J connectivity index is 1.58. The van der Waals surface area contributed by atoms with Gasteiger partial charge in [0.25, 0.3) is 5.91 Å². The number of pyridine rings is 1. The van der Waals surface area contributed by atoms with Gasteiger partial charge in [0.2, 0.25) is 10.0 Å². The maximum atomic E-state index is 13.3. The molecule has 0 spiro atoms. The van der Waals surface area contributed by atoms with Crippen molar-refractivity contribution in [1.29, 1.82) is 0 Å². The molecule has 5 atom stereocenters. The summed E-state index contributed by atoms with van der Waals surface area (Å²) in [5.41, 5.74) is 1.04. The van der Waals surface area contributed by atoms with Crippen LogP contribution in [0.25, 0.3) is 0 Å². The number of anilines is 1. The molecule has 1 N–H and O–H groups in total. The summed E-state index contributed by atoms with van der Waals surface area (Å²) in [6, 6.07) is 8.98. The van der Waals surface area contributed by atoms with E-state index in [1.807, 2.05) is 31.2 Å². The summed E-state index contributed by atoms with van der Waals surface area (Å²) in [6.07, 6.45) is 9.23. The number of ether oxygens (including phenoxy) is 2. The molecule has 1 aliphatic carbocycles. The number of aromatic nitrogens is 1. The topological polar surface area (TPSA) is 115 Å². The molecular formula is C32H40ClN3O6S. The van der Waals surface area contributed by atoms with Crippen LogP contribution in [0.2, 0.25) is 5.02 Å². The normalized spacial score (nSPS) is 30.2. The molecule has 2 aromatic rings. The molecule has 232 valence electrons. The molecule has 0 radical (unpaired) electrons. The van der Waals surface area contributed by atoms with E-state index in [0.29, 0.717) is 42.7 Å². The van der Waals surface area contributed by atoms with Crippen molar-refractivity contribution < 1.29 is 27.5 Å². The van der Waals surface area contributed by atoms with E-state index < -0.39 is 26.8 Å². The van der Waals surface area contributed by atoms with Crippen LogP contribution < -0.4 is 14.4 Å². The second-order valence-corrected chi connectivity index (χ2v) is 14.5. The smallest absolute Gasteiger partial charge is 0.283 e. The highest BCUT2D eigenvalue weighted by atomic mass is 35.5. The Kier molecular flexibility index (Phi) is 9.49. The Morgan fingerprint density at radius 1 is 1.16 bits per heavy atom. The number of aldehydes is 1. The number of fused-ring (bicyclic) bond motifs is 3. The summed E-state index contributed by atoms with van der Waals surface area (Å²) >= 11 is 6.30. The first-order valence-corrected chi connectivity index (χ1v) is 16.9. The van der Waals surface area contributed by atoms with Crippen LogP contribution in [0, 0.1) is 17.8 Å². The predicted molar refractivity (Wildman–Crippen MR) is 166 cm³/mol. The zero-order valence-electron chi connectivity index (χ0n) is 24.9. The molecule has 0 saturated heterocycles. The maximum Gasteiger partial charge on any atom is 0.283 e. The molecule has 1 fully saturated rings. The van der Waals surface area contributed by atoms with Gasteiger partial charge >= 0.3 is 0 Å². The molecule has 1 amide bonds. The standard InChI is InChI=1S/C32H40ClN3O6S/c1-21-7-6-15-32(20-37,41-3)27-12-10-24(27)18-36-16-5-4-8-23-17-26(33)11-9-25(23)19-42-29-14-13-28(34-30(29)36)31(38)35-43(39,40)22(21)2/h6,9,11,13-15,17,20-22,24,27H,4-5,7-8,10,12,16,18-19H2,1-3H3,(H,35,38)/b15-6+/t21-,22+,24-,27+,32-/m0/s1. The number of nitrogens with zero attached hydrogens (tertiary/aromatic N) is 2. The number of hydrogen-bond acceptors (Lipinski definition) is 8. The summed E-state index contributed by atoms with van der Waals surface area (Å²) < 4.78 is 40.9. The van der Waals surface area contributed by atoms with Crippen LogP contribution in [-0.2, 0) is 32.6 Å². The van der Waals surface area contributed by atoms with E-state index in [4.69, 9.17) is 26.1 Å². The molecule has 1 aromatic carbocycles. The summed E-state index contributed by atoms with van der Waals surface area (Å²) in [5.74, 6) is -0.0565. The largest absolute Gasteiger partial charge is 0.485 e. The SMILES string of the molecule is CO[C@]1(C=O)/C=C/C[C@H](C)[C@@H](C)S(=O)(=O)NC(=O)c2ccc3c(n2)N(CCCCc2cc(Cl)ccc2CO3)C[C@@H]2CC[C@H]21. The number of hydrogen-bond donors (Lipinski definition) is 1. The van der Waals surface area contributed by atoms with Crippen molar-refractivity contribution >= 4 is 39.6 Å². The highest BCUT2D eigenvalue weighted by molar-refractivity contribution is 7.90. The van der Waals surface area contributed by atoms with Crippen LogP contribution >= 0.6 is 11.6 Å². The third kappa shape index (κ3) is 6.61. The molecule has 9 nitrogen and oxygen atoms in total. The van der Waals surface area contributed by atoms with E-state index in [1.165, 1.54) is 6.07 Å². The molecule has 3 aliphatic rings. The van der Waals surface area contributed by atoms with Crippen LogP contribution in [0.5, 0.6) is 5.75 Å². The van der Waals surface area contributed by atoms with E-state index in [0.717, 1.165) is 49.5 Å². The molecule has 1 aromatic heterocycles.